The molecule has 11 heteroatoms. The molecular weight excluding hydrogens is 597 g/mol. The van der Waals surface area contributed by atoms with Gasteiger partial charge in [0, 0.05) is 36.1 Å². The first-order chi connectivity index (χ1) is 21.1. The third kappa shape index (κ3) is 4.84. The van der Waals surface area contributed by atoms with E-state index in [1.807, 2.05) is 4.57 Å². The Morgan fingerprint density at radius 1 is 1.02 bits per heavy atom. The lowest BCUT2D eigenvalue weighted by Crippen LogP contribution is -2.32. The van der Waals surface area contributed by atoms with Gasteiger partial charge in [0.2, 0.25) is 0 Å². The van der Waals surface area contributed by atoms with Crippen LogP contribution in [-0.4, -0.2) is 33.3 Å². The van der Waals surface area contributed by atoms with E-state index < -0.39 is 29.2 Å². The number of halogens is 4. The zero-order valence-corrected chi connectivity index (χ0v) is 24.0. The number of para-hydroxylation sites is 1. The Morgan fingerprint density at radius 3 is 2.57 bits per heavy atom. The molecule has 5 aromatic rings. The maximum absolute atomic E-state index is 15.8. The molecule has 4 aromatic carbocycles. The molecule has 1 saturated heterocycles. The van der Waals surface area contributed by atoms with Crippen LogP contribution in [0.15, 0.2) is 66.7 Å². The number of aromatic nitrogens is 2. The van der Waals surface area contributed by atoms with E-state index in [4.69, 9.17) is 25.8 Å². The SMILES string of the molecule is CC1(c2ccc(Cl)cc2F)Oc2cccc(-c3cc(F)c(Cc4nc5ccc(C(=O)O)cc5n4C[C@@H]4CCO4)cc3F)c2O1. The van der Waals surface area contributed by atoms with Crippen LogP contribution in [0, 0.1) is 17.5 Å². The second kappa shape index (κ2) is 10.6. The molecule has 2 atom stereocenters. The van der Waals surface area contributed by atoms with Crippen LogP contribution < -0.4 is 9.47 Å². The van der Waals surface area contributed by atoms with Gasteiger partial charge in [0.1, 0.15) is 23.3 Å². The number of imidazole rings is 1. The molecule has 2 aliphatic heterocycles. The molecule has 44 heavy (non-hydrogen) atoms. The summed E-state index contributed by atoms with van der Waals surface area (Å²) in [6, 6.07) is 15.7. The van der Waals surface area contributed by atoms with Crippen LogP contribution in [0.5, 0.6) is 11.5 Å². The summed E-state index contributed by atoms with van der Waals surface area (Å²) in [6.07, 6.45) is 0.692. The monoisotopic (exact) mass is 620 g/mol. The van der Waals surface area contributed by atoms with Gasteiger partial charge in [-0.25, -0.2) is 22.9 Å². The number of hydrogen-bond acceptors (Lipinski definition) is 5. The average Bonchev–Trinajstić information content (AvgIpc) is 3.48. The quantitative estimate of drug-likeness (QED) is 0.203. The molecule has 2 aliphatic rings. The number of carboxylic acids is 1. The number of carbonyl (C=O) groups is 1. The molecule has 7 nitrogen and oxygen atoms in total. The standard InChI is InChI=1S/C33H24ClF3N2O5/c1-33(23-7-6-19(34)14-26(23)37)43-29-4-2-3-21(31(29)44-33)22-15-24(35)18(11-25(22)36)13-30-38-27-8-5-17(32(40)41)12-28(27)39(30)16-20-9-10-42-20/h2-8,11-12,14-15,20H,9-10,13,16H2,1H3,(H,40,41)/t20-,33?/m0/s1. The number of nitrogens with zero attached hydrogens (tertiary/aromatic N) is 2. The largest absolute Gasteiger partial charge is 0.478 e. The molecule has 1 aromatic heterocycles. The van der Waals surface area contributed by atoms with Crippen molar-refractivity contribution >= 4 is 28.6 Å². The van der Waals surface area contributed by atoms with Gasteiger partial charge in [0.25, 0.3) is 5.79 Å². The number of fused-ring (bicyclic) bond motifs is 2. The minimum Gasteiger partial charge on any atom is -0.478 e. The minimum absolute atomic E-state index is 0.0484. The Bertz CT molecular complexity index is 1980. The summed E-state index contributed by atoms with van der Waals surface area (Å²) < 4.78 is 65.7. The summed E-state index contributed by atoms with van der Waals surface area (Å²) >= 11 is 5.91. The van der Waals surface area contributed by atoms with E-state index in [2.05, 4.69) is 4.98 Å². The second-order valence-electron chi connectivity index (χ2n) is 10.9. The van der Waals surface area contributed by atoms with Crippen LogP contribution in [0.4, 0.5) is 13.2 Å². The molecule has 0 bridgehead atoms. The van der Waals surface area contributed by atoms with Crippen LogP contribution in [-0.2, 0) is 23.5 Å². The van der Waals surface area contributed by atoms with Crippen LogP contribution in [0.2, 0.25) is 5.02 Å². The van der Waals surface area contributed by atoms with E-state index >= 15 is 8.78 Å². The number of rotatable bonds is 7. The fourth-order valence-electron chi connectivity index (χ4n) is 5.68. The van der Waals surface area contributed by atoms with Crippen LogP contribution in [0.1, 0.15) is 40.7 Å². The van der Waals surface area contributed by atoms with Gasteiger partial charge in [0.05, 0.1) is 34.8 Å². The summed E-state index contributed by atoms with van der Waals surface area (Å²) in [5.41, 5.74) is 1.54. The molecule has 7 rings (SSSR count). The highest BCUT2D eigenvalue weighted by molar-refractivity contribution is 6.30. The van der Waals surface area contributed by atoms with Gasteiger partial charge in [-0.05, 0) is 66.6 Å². The summed E-state index contributed by atoms with van der Waals surface area (Å²) in [7, 11) is 0. The van der Waals surface area contributed by atoms with Crippen LogP contribution in [0.25, 0.3) is 22.2 Å². The number of ether oxygens (including phenoxy) is 3. The fraction of sp³-hybridized carbons (Fsp3) is 0.212. The molecule has 1 unspecified atom stereocenters. The van der Waals surface area contributed by atoms with E-state index in [0.717, 1.165) is 24.6 Å². The maximum atomic E-state index is 15.8. The highest BCUT2D eigenvalue weighted by Crippen LogP contribution is 2.50. The predicted octanol–water partition coefficient (Wildman–Crippen LogP) is 7.50. The van der Waals surface area contributed by atoms with E-state index in [0.29, 0.717) is 30.0 Å². The zero-order chi connectivity index (χ0) is 30.7. The van der Waals surface area contributed by atoms with E-state index in [1.54, 1.807) is 24.3 Å². The van der Waals surface area contributed by atoms with Crippen molar-refractivity contribution in [3.63, 3.8) is 0 Å². The second-order valence-corrected chi connectivity index (χ2v) is 11.4. The molecule has 224 valence electrons. The van der Waals surface area contributed by atoms with Crippen molar-refractivity contribution < 1.29 is 37.3 Å². The summed E-state index contributed by atoms with van der Waals surface area (Å²) in [6.45, 7) is 2.56. The molecule has 1 fully saturated rings. The lowest BCUT2D eigenvalue weighted by Gasteiger charge is -2.27. The molecule has 0 saturated carbocycles. The van der Waals surface area contributed by atoms with Crippen LogP contribution >= 0.6 is 11.6 Å². The lowest BCUT2D eigenvalue weighted by molar-refractivity contribution is -0.0705. The van der Waals surface area contributed by atoms with E-state index in [9.17, 15) is 14.3 Å². The number of carboxylic acid groups (broad SMARTS) is 1. The van der Waals surface area contributed by atoms with Gasteiger partial charge in [-0.15, -0.1) is 0 Å². The van der Waals surface area contributed by atoms with Crippen molar-refractivity contribution in [2.75, 3.05) is 6.61 Å². The van der Waals surface area contributed by atoms with Crippen molar-refractivity contribution in [1.29, 1.82) is 0 Å². The molecule has 0 spiro atoms. The van der Waals surface area contributed by atoms with Crippen molar-refractivity contribution in [1.82, 2.24) is 9.55 Å². The summed E-state index contributed by atoms with van der Waals surface area (Å²) in [5.74, 6) is -3.82. The van der Waals surface area contributed by atoms with Gasteiger partial charge in [-0.1, -0.05) is 23.7 Å². The van der Waals surface area contributed by atoms with Gasteiger partial charge in [-0.3, -0.25) is 0 Å². The summed E-state index contributed by atoms with van der Waals surface area (Å²) in [5, 5.41) is 9.70. The molecule has 0 aliphatic carbocycles. The Morgan fingerprint density at radius 2 is 1.84 bits per heavy atom. The molecular formula is C33H24ClF3N2O5. The predicted molar refractivity (Wildman–Crippen MR) is 156 cm³/mol. The number of hydrogen-bond donors (Lipinski definition) is 1. The smallest absolute Gasteiger partial charge is 0.335 e. The van der Waals surface area contributed by atoms with Crippen molar-refractivity contribution in [2.45, 2.75) is 38.2 Å². The minimum atomic E-state index is -1.56. The van der Waals surface area contributed by atoms with Gasteiger partial charge >= 0.3 is 5.97 Å². The zero-order valence-electron chi connectivity index (χ0n) is 23.2. The molecule has 3 heterocycles. The van der Waals surface area contributed by atoms with Crippen molar-refractivity contribution in [3.05, 3.63) is 112 Å². The molecule has 1 N–H and O–H groups in total. The van der Waals surface area contributed by atoms with Gasteiger partial charge in [0.15, 0.2) is 11.5 Å². The van der Waals surface area contributed by atoms with E-state index in [-0.39, 0.29) is 56.9 Å². The highest BCUT2D eigenvalue weighted by atomic mass is 35.5. The third-order valence-corrected chi connectivity index (χ3v) is 8.26. The Kier molecular flexibility index (Phi) is 6.78. The first-order valence-corrected chi connectivity index (χ1v) is 14.3. The highest BCUT2D eigenvalue weighted by Gasteiger charge is 2.42. The lowest BCUT2D eigenvalue weighted by atomic mass is 10.00. The Labute approximate surface area is 254 Å². The number of benzene rings is 4. The van der Waals surface area contributed by atoms with Crippen molar-refractivity contribution in [3.8, 4) is 22.6 Å². The Balaban J connectivity index is 1.23. The van der Waals surface area contributed by atoms with E-state index in [1.165, 1.54) is 31.2 Å². The maximum Gasteiger partial charge on any atom is 0.335 e. The van der Waals surface area contributed by atoms with Gasteiger partial charge < -0.3 is 23.9 Å². The fourth-order valence-corrected chi connectivity index (χ4v) is 5.84. The normalized spacial score (nSPS) is 18.9. The van der Waals surface area contributed by atoms with Crippen LogP contribution in [0.3, 0.4) is 0 Å². The molecule has 0 radical (unpaired) electrons. The summed E-state index contributed by atoms with van der Waals surface area (Å²) in [4.78, 5) is 16.2. The number of aromatic carboxylic acids is 1. The molecule has 0 amide bonds. The topological polar surface area (TPSA) is 82.8 Å². The first-order valence-electron chi connectivity index (χ1n) is 13.9. The third-order valence-electron chi connectivity index (χ3n) is 8.03. The van der Waals surface area contributed by atoms with Crippen molar-refractivity contribution in [2.24, 2.45) is 0 Å². The first kappa shape index (κ1) is 28.2. The van der Waals surface area contributed by atoms with Gasteiger partial charge in [-0.2, -0.15) is 0 Å². The average molecular weight is 621 g/mol. The Hall–Kier alpha value is -4.54.